The molecule has 1 aliphatic heterocycles. The number of aliphatic hydroxyl groups is 2. The number of nitrogens with zero attached hydrogens (tertiary/aromatic N) is 2. The van der Waals surface area contributed by atoms with Crippen molar-refractivity contribution in [3.63, 3.8) is 0 Å². The van der Waals surface area contributed by atoms with E-state index in [4.69, 9.17) is 9.47 Å². The Morgan fingerprint density at radius 2 is 1.89 bits per heavy atom. The van der Waals surface area contributed by atoms with E-state index in [9.17, 15) is 34.5 Å². The fourth-order valence-corrected chi connectivity index (χ4v) is 4.97. The van der Waals surface area contributed by atoms with Crippen molar-refractivity contribution in [3.05, 3.63) is 75.2 Å². The van der Waals surface area contributed by atoms with Crippen molar-refractivity contribution in [2.45, 2.75) is 57.0 Å². The van der Waals surface area contributed by atoms with Gasteiger partial charge in [-0.25, -0.2) is 9.18 Å². The van der Waals surface area contributed by atoms with Gasteiger partial charge in [0.15, 0.2) is 35.4 Å². The zero-order chi connectivity index (χ0) is 32.2. The number of halogens is 2. The first-order chi connectivity index (χ1) is 20.8. The molecule has 1 unspecified atom stereocenters. The molecule has 1 amide bonds. The second-order valence-electron chi connectivity index (χ2n) is 10.0. The number of ether oxygens (including phenoxy) is 2. The van der Waals surface area contributed by atoms with Crippen LogP contribution in [0.1, 0.15) is 32.1 Å². The summed E-state index contributed by atoms with van der Waals surface area (Å²) in [5.74, 6) is -2.53. The molecule has 0 bridgehead atoms. The maximum atomic E-state index is 15.5. The van der Waals surface area contributed by atoms with Crippen molar-refractivity contribution in [1.29, 1.82) is 0 Å². The number of anilines is 2. The molecule has 234 valence electrons. The summed E-state index contributed by atoms with van der Waals surface area (Å²) in [4.78, 5) is 53.1. The number of rotatable bonds is 12. The predicted octanol–water partition coefficient (Wildman–Crippen LogP) is 2.05. The monoisotopic (exact) mass is 676 g/mol. The number of para-hydroxylation sites is 1. The first kappa shape index (κ1) is 32.7. The number of carbonyl (C=O) groups excluding carboxylic acids is 3. The molecule has 44 heavy (non-hydrogen) atoms. The number of nitrogens with one attached hydrogen (secondary N) is 2. The van der Waals surface area contributed by atoms with E-state index in [2.05, 4.69) is 31.5 Å². The second kappa shape index (κ2) is 13.6. The second-order valence-corrected chi connectivity index (χ2v) is 10.9. The number of Topliss-reactive ketones (excluding diaryl/α,β-unsaturated/α-hetero) is 2. The van der Waals surface area contributed by atoms with Crippen LogP contribution in [-0.4, -0.2) is 72.9 Å². The average Bonchev–Trinajstić information content (AvgIpc) is 3.26. The van der Waals surface area contributed by atoms with Crippen LogP contribution < -0.4 is 21.1 Å². The lowest BCUT2D eigenvalue weighted by atomic mass is 9.85. The van der Waals surface area contributed by atoms with Crippen LogP contribution in [-0.2, 0) is 25.7 Å². The van der Waals surface area contributed by atoms with Crippen LogP contribution >= 0.6 is 15.9 Å². The number of alkyl halides is 1. The first-order valence-corrected chi connectivity index (χ1v) is 14.2. The van der Waals surface area contributed by atoms with Crippen molar-refractivity contribution in [3.8, 4) is 11.5 Å². The average molecular weight is 677 g/mol. The summed E-state index contributed by atoms with van der Waals surface area (Å²) < 4.78 is 27.3. The van der Waals surface area contributed by atoms with Gasteiger partial charge >= 0.3 is 5.69 Å². The number of carbonyl (C=O) groups is 3. The van der Waals surface area contributed by atoms with Crippen LogP contribution in [0.3, 0.4) is 0 Å². The number of aromatic hydroxyl groups is 1. The zero-order valence-corrected chi connectivity index (χ0v) is 25.2. The molecule has 4 rings (SSSR count). The van der Waals surface area contributed by atoms with Gasteiger partial charge in [0.2, 0.25) is 5.91 Å². The summed E-state index contributed by atoms with van der Waals surface area (Å²) in [7, 11) is 0. The van der Waals surface area contributed by atoms with Crippen LogP contribution in [0, 0.1) is 0 Å². The minimum absolute atomic E-state index is 0.0115. The zero-order valence-electron chi connectivity index (χ0n) is 23.6. The SMILES string of the molecule is CC(=O)C(O)[C@H]1O[C@@H](n2cc(Br)c(Nc3c(O)cccc3OCCC(=O)NCc3ccccc3)nc2=O)[C@H](F)[C@@]1(O)C(C)=O. The predicted molar refractivity (Wildman–Crippen MR) is 157 cm³/mol. The number of aromatic nitrogens is 2. The van der Waals surface area contributed by atoms with Crippen molar-refractivity contribution in [1.82, 2.24) is 14.9 Å². The maximum absolute atomic E-state index is 15.5. The van der Waals surface area contributed by atoms with Gasteiger partial charge in [0.05, 0.1) is 17.5 Å². The molecule has 0 saturated carbocycles. The number of phenols is 1. The molecule has 0 aliphatic carbocycles. The van der Waals surface area contributed by atoms with E-state index < -0.39 is 47.5 Å². The molecular formula is C29H30BrFN4O9. The normalized spacial score (nSPS) is 21.8. The van der Waals surface area contributed by atoms with Crippen LogP contribution in [0.2, 0.25) is 0 Å². The molecule has 0 radical (unpaired) electrons. The third-order valence-electron chi connectivity index (χ3n) is 7.01. The lowest BCUT2D eigenvalue weighted by Gasteiger charge is -2.28. The molecule has 13 nitrogen and oxygen atoms in total. The van der Waals surface area contributed by atoms with E-state index >= 15 is 4.39 Å². The topological polar surface area (TPSA) is 189 Å². The third-order valence-corrected chi connectivity index (χ3v) is 7.59. The Morgan fingerprint density at radius 3 is 2.55 bits per heavy atom. The van der Waals surface area contributed by atoms with Crippen LogP contribution in [0.15, 0.2) is 64.0 Å². The number of aliphatic hydroxyl groups excluding tert-OH is 1. The smallest absolute Gasteiger partial charge is 0.351 e. The maximum Gasteiger partial charge on any atom is 0.351 e. The van der Waals surface area contributed by atoms with Gasteiger partial charge in [-0.1, -0.05) is 36.4 Å². The van der Waals surface area contributed by atoms with Crippen molar-refractivity contribution >= 4 is 44.9 Å². The highest BCUT2D eigenvalue weighted by Gasteiger charge is 2.63. The van der Waals surface area contributed by atoms with Gasteiger partial charge in [-0.15, -0.1) is 0 Å². The van der Waals surface area contributed by atoms with E-state index in [-0.39, 0.29) is 46.4 Å². The van der Waals surface area contributed by atoms with Gasteiger partial charge in [-0.05, 0) is 47.5 Å². The number of hydrogen-bond donors (Lipinski definition) is 5. The molecule has 1 aromatic heterocycles. The highest BCUT2D eigenvalue weighted by atomic mass is 79.9. The highest BCUT2D eigenvalue weighted by Crippen LogP contribution is 2.42. The summed E-state index contributed by atoms with van der Waals surface area (Å²) in [5.41, 5.74) is -3.07. The van der Waals surface area contributed by atoms with Gasteiger partial charge < -0.3 is 35.4 Å². The number of ketones is 2. The van der Waals surface area contributed by atoms with E-state index in [1.807, 2.05) is 30.3 Å². The van der Waals surface area contributed by atoms with E-state index in [0.717, 1.165) is 25.6 Å². The summed E-state index contributed by atoms with van der Waals surface area (Å²) in [6.07, 6.45) is -7.43. The lowest BCUT2D eigenvalue weighted by Crippen LogP contribution is -2.57. The summed E-state index contributed by atoms with van der Waals surface area (Å²) >= 11 is 3.22. The summed E-state index contributed by atoms with van der Waals surface area (Å²) in [5, 5.41) is 37.1. The molecule has 0 spiro atoms. The number of hydrogen-bond acceptors (Lipinski definition) is 11. The Labute approximate surface area is 258 Å². The van der Waals surface area contributed by atoms with E-state index in [1.165, 1.54) is 18.2 Å². The van der Waals surface area contributed by atoms with Gasteiger partial charge in [0, 0.05) is 12.7 Å². The molecular weight excluding hydrogens is 647 g/mol. The minimum atomic E-state index is -2.92. The Hall–Kier alpha value is -4.18. The third kappa shape index (κ3) is 6.80. The molecule has 3 aromatic rings. The first-order valence-electron chi connectivity index (χ1n) is 13.4. The molecule has 1 aliphatic rings. The molecule has 5 N–H and O–H groups in total. The van der Waals surface area contributed by atoms with Crippen molar-refractivity contribution in [2.75, 3.05) is 11.9 Å². The van der Waals surface area contributed by atoms with Gasteiger partial charge in [-0.3, -0.25) is 19.0 Å². The van der Waals surface area contributed by atoms with Gasteiger partial charge in [-0.2, -0.15) is 4.98 Å². The van der Waals surface area contributed by atoms with E-state index in [1.54, 1.807) is 0 Å². The largest absolute Gasteiger partial charge is 0.506 e. The molecule has 5 atom stereocenters. The Kier molecular flexibility index (Phi) is 10.1. The summed E-state index contributed by atoms with van der Waals surface area (Å²) in [6, 6.07) is 13.7. The number of benzene rings is 2. The molecule has 1 fully saturated rings. The van der Waals surface area contributed by atoms with Crippen LogP contribution in [0.25, 0.3) is 0 Å². The molecule has 15 heteroatoms. The Balaban J connectivity index is 1.50. The fraction of sp³-hybridized carbons (Fsp3) is 0.345. The highest BCUT2D eigenvalue weighted by molar-refractivity contribution is 9.10. The molecule has 2 heterocycles. The van der Waals surface area contributed by atoms with Crippen molar-refractivity contribution < 1.29 is 43.6 Å². The lowest BCUT2D eigenvalue weighted by molar-refractivity contribution is -0.160. The van der Waals surface area contributed by atoms with Crippen LogP contribution in [0.5, 0.6) is 11.5 Å². The fourth-order valence-electron chi connectivity index (χ4n) is 4.56. The van der Waals surface area contributed by atoms with E-state index in [0.29, 0.717) is 11.1 Å². The number of phenolic OH excluding ortho intramolecular Hbond substituents is 1. The minimum Gasteiger partial charge on any atom is -0.506 e. The van der Waals surface area contributed by atoms with Gasteiger partial charge in [0.1, 0.15) is 29.4 Å². The summed E-state index contributed by atoms with van der Waals surface area (Å²) in [6.45, 7) is 2.14. The Morgan fingerprint density at radius 1 is 1.18 bits per heavy atom. The van der Waals surface area contributed by atoms with Crippen molar-refractivity contribution in [2.24, 2.45) is 0 Å². The Bertz CT molecular complexity index is 1610. The quantitative estimate of drug-likeness (QED) is 0.177. The standard InChI is InChI=1S/C29H30BrFN4O9/c1-15(36)23(40)25-29(42,16(2)37)24(31)27(44-25)35-14-18(30)26(34-28(35)41)33-22-19(38)9-6-10-20(22)43-12-11-21(39)32-13-17-7-4-3-5-8-17/h3-10,14,23-25,27,38,40,42H,11-13H2,1-2H3,(H,32,39)(H,33,34,41)/t23?,24-,25+,27+,29-/m0/s1. The molecule has 1 saturated heterocycles. The van der Waals surface area contributed by atoms with Crippen LogP contribution in [0.4, 0.5) is 15.9 Å². The van der Waals surface area contributed by atoms with Gasteiger partial charge in [0.25, 0.3) is 0 Å². The number of amides is 1. The molecule has 2 aromatic carbocycles.